The quantitative estimate of drug-likeness (QED) is 0.0949. The van der Waals surface area contributed by atoms with Gasteiger partial charge in [0.1, 0.15) is 0 Å². The number of hydrogen-bond donors (Lipinski definition) is 0. The van der Waals surface area contributed by atoms with Crippen molar-refractivity contribution < 1.29 is 0 Å². The summed E-state index contributed by atoms with van der Waals surface area (Å²) in [5, 5.41) is 0. The predicted octanol–water partition coefficient (Wildman–Crippen LogP) is 15.8. The molecular weight excluding hydrogens is 540 g/mol. The maximum Gasteiger partial charge on any atom is -0.0288 e. The third-order valence-corrected chi connectivity index (χ3v) is 8.80. The lowest BCUT2D eigenvalue weighted by molar-refractivity contribution is 0.880. The van der Waals surface area contributed by atoms with E-state index in [1.54, 1.807) is 0 Å². The normalized spacial score (nSPS) is 14.8. The summed E-state index contributed by atoms with van der Waals surface area (Å²) >= 11 is 0. The fourth-order valence-corrected chi connectivity index (χ4v) is 5.27. The molecule has 0 nitrogen and oxygen atoms in total. The summed E-state index contributed by atoms with van der Waals surface area (Å²) in [6, 6.07) is 0. The molecule has 0 heterocycles. The molecule has 0 aliphatic carbocycles. The summed E-state index contributed by atoms with van der Waals surface area (Å²) in [5.41, 5.74) is 13.6. The molecule has 0 N–H and O–H groups in total. The smallest absolute Gasteiger partial charge is 0.0288 e. The van der Waals surface area contributed by atoms with Crippen LogP contribution in [0.2, 0.25) is 0 Å². The van der Waals surface area contributed by atoms with E-state index in [0.29, 0.717) is 0 Å². The maximum absolute atomic E-state index is 2.46. The second kappa shape index (κ2) is 27.9. The van der Waals surface area contributed by atoms with Gasteiger partial charge in [-0.25, -0.2) is 0 Å². The van der Waals surface area contributed by atoms with E-state index in [4.69, 9.17) is 0 Å². The number of rotatable bonds is 24. The van der Waals surface area contributed by atoms with Crippen molar-refractivity contribution in [1.82, 2.24) is 0 Å². The van der Waals surface area contributed by atoms with E-state index in [1.165, 1.54) is 153 Å². The first-order chi connectivity index (χ1) is 21.4. The van der Waals surface area contributed by atoms with Gasteiger partial charge in [0.2, 0.25) is 0 Å². The van der Waals surface area contributed by atoms with Gasteiger partial charge in [0.15, 0.2) is 0 Å². The molecule has 0 bridgehead atoms. The van der Waals surface area contributed by atoms with Gasteiger partial charge in [0.05, 0.1) is 0 Å². The van der Waals surface area contributed by atoms with E-state index >= 15 is 0 Å². The van der Waals surface area contributed by atoms with Crippen molar-refractivity contribution in [2.24, 2.45) is 0 Å². The molecule has 0 aromatic heterocycles. The molecule has 0 aromatic carbocycles. The van der Waals surface area contributed by atoms with Crippen LogP contribution in [-0.2, 0) is 0 Å². The van der Waals surface area contributed by atoms with Crippen molar-refractivity contribution in [3.63, 3.8) is 0 Å². The lowest BCUT2D eigenvalue weighted by atomic mass is 10.0. The Morgan fingerprint density at radius 3 is 0.622 bits per heavy atom. The Kier molecular flexibility index (Phi) is 26.5. The van der Waals surface area contributed by atoms with Crippen molar-refractivity contribution >= 4 is 0 Å². The second-order valence-corrected chi connectivity index (χ2v) is 14.1. The Bertz CT molecular complexity index is 1080. The number of allylic oxidation sites excluding steroid dienone is 18. The topological polar surface area (TPSA) is 0 Å². The molecule has 0 saturated heterocycles. The summed E-state index contributed by atoms with van der Waals surface area (Å²) < 4.78 is 0. The van der Waals surface area contributed by atoms with Gasteiger partial charge in [-0.3, -0.25) is 0 Å². The largest absolute Gasteiger partial charge is 0.0887 e. The highest BCUT2D eigenvalue weighted by Gasteiger charge is 1.97. The first-order valence-corrected chi connectivity index (χ1v) is 18.3. The molecule has 0 aromatic rings. The van der Waals surface area contributed by atoms with Crippen LogP contribution in [0.5, 0.6) is 0 Å². The molecular formula is C45H74. The van der Waals surface area contributed by atoms with Crippen LogP contribution in [0, 0.1) is 0 Å². The van der Waals surface area contributed by atoms with Crippen LogP contribution in [-0.4, -0.2) is 0 Å². The Morgan fingerprint density at radius 2 is 0.444 bits per heavy atom. The minimum absolute atomic E-state index is 1.17. The Labute approximate surface area is 283 Å². The minimum atomic E-state index is 1.17. The van der Waals surface area contributed by atoms with Crippen LogP contribution in [0.25, 0.3) is 0 Å². The highest BCUT2D eigenvalue weighted by atomic mass is 14.0. The van der Waals surface area contributed by atoms with E-state index in [1.807, 2.05) is 0 Å². The average Bonchev–Trinajstić information content (AvgIpc) is 2.96. The molecule has 0 saturated carbocycles. The van der Waals surface area contributed by atoms with Gasteiger partial charge in [0, 0.05) is 0 Å². The zero-order valence-electron chi connectivity index (χ0n) is 32.0. The summed E-state index contributed by atoms with van der Waals surface area (Å²) in [7, 11) is 0. The zero-order chi connectivity index (χ0) is 33.9. The van der Waals surface area contributed by atoms with Crippen LogP contribution >= 0.6 is 0 Å². The lowest BCUT2D eigenvalue weighted by Crippen LogP contribution is -1.84. The monoisotopic (exact) mass is 615 g/mol. The van der Waals surface area contributed by atoms with Crippen LogP contribution in [0.4, 0.5) is 0 Å². The first kappa shape index (κ1) is 42.7. The van der Waals surface area contributed by atoms with Crippen LogP contribution in [0.3, 0.4) is 0 Å². The molecule has 254 valence electrons. The fourth-order valence-electron chi connectivity index (χ4n) is 5.27. The molecule has 0 aliphatic rings. The summed E-state index contributed by atoms with van der Waals surface area (Å²) in [4.78, 5) is 0. The van der Waals surface area contributed by atoms with Crippen LogP contribution < -0.4 is 0 Å². The van der Waals surface area contributed by atoms with Crippen LogP contribution in [0.15, 0.2) is 105 Å². The molecule has 0 aliphatic heterocycles. The molecule has 0 unspecified atom stereocenters. The Balaban J connectivity index is 4.21. The summed E-state index contributed by atoms with van der Waals surface area (Å²) in [5.74, 6) is 0. The van der Waals surface area contributed by atoms with E-state index in [2.05, 4.69) is 131 Å². The van der Waals surface area contributed by atoms with Gasteiger partial charge in [-0.2, -0.15) is 0 Å². The molecule has 0 radical (unpaired) electrons. The van der Waals surface area contributed by atoms with Gasteiger partial charge in [-0.1, -0.05) is 105 Å². The molecule has 45 heavy (non-hydrogen) atoms. The lowest BCUT2D eigenvalue weighted by Gasteiger charge is -2.04. The van der Waals surface area contributed by atoms with E-state index in [0.717, 1.165) is 0 Å². The van der Waals surface area contributed by atoms with E-state index in [-0.39, 0.29) is 0 Å². The number of hydrogen-bond acceptors (Lipinski definition) is 0. The average molecular weight is 615 g/mol. The highest BCUT2D eigenvalue weighted by Crippen LogP contribution is 2.17. The van der Waals surface area contributed by atoms with Gasteiger partial charge in [-0.05, 0) is 179 Å². The van der Waals surface area contributed by atoms with Gasteiger partial charge in [0.25, 0.3) is 0 Å². The SMILES string of the molecule is C/C=C(\C)CC/C=C(\C)CC/C=C(/C)CC/C=C(\C)CC/C=C(\C)CC/C=C(/C)CC/C=C(\C)CC/C=C(\C)CCC=C(C)C. The van der Waals surface area contributed by atoms with Crippen molar-refractivity contribution in [1.29, 1.82) is 0 Å². The van der Waals surface area contributed by atoms with Crippen molar-refractivity contribution in [3.8, 4) is 0 Å². The zero-order valence-corrected chi connectivity index (χ0v) is 32.0. The molecule has 0 fully saturated rings. The molecule has 0 heteroatoms. The molecule has 0 rings (SSSR count). The Hall–Kier alpha value is -2.34. The van der Waals surface area contributed by atoms with Crippen molar-refractivity contribution in [2.75, 3.05) is 0 Å². The van der Waals surface area contributed by atoms with Crippen molar-refractivity contribution in [3.05, 3.63) is 105 Å². The minimum Gasteiger partial charge on any atom is -0.0887 e. The Morgan fingerprint density at radius 1 is 0.267 bits per heavy atom. The third kappa shape index (κ3) is 28.8. The fraction of sp³-hybridized carbons (Fsp3) is 0.600. The second-order valence-electron chi connectivity index (χ2n) is 14.1. The molecule has 0 amide bonds. The first-order valence-electron chi connectivity index (χ1n) is 18.3. The van der Waals surface area contributed by atoms with Gasteiger partial charge in [-0.15, -0.1) is 0 Å². The molecule has 0 atom stereocenters. The van der Waals surface area contributed by atoms with Crippen LogP contribution in [0.1, 0.15) is 179 Å². The highest BCUT2D eigenvalue weighted by molar-refractivity contribution is 5.10. The van der Waals surface area contributed by atoms with Crippen molar-refractivity contribution in [2.45, 2.75) is 179 Å². The van der Waals surface area contributed by atoms with Gasteiger partial charge < -0.3 is 0 Å². The predicted molar refractivity (Wildman–Crippen MR) is 209 cm³/mol. The molecule has 0 spiro atoms. The van der Waals surface area contributed by atoms with Gasteiger partial charge >= 0.3 is 0 Å². The summed E-state index contributed by atoms with van der Waals surface area (Å²) in [6.45, 7) is 24.8. The standard InChI is InChI=1S/C45H74/c1-12-38(4)22-14-24-40(6)26-16-28-42(8)30-18-32-44(10)34-20-36-45(11)35-19-33-43(9)31-17-29-41(7)27-15-25-39(5)23-13-21-37(2)3/h12,21,24-25,28-29,32-33,36H,13-20,22-23,26-27,30-31,34-35H2,1-11H3/b38-12+,39-25+,40-24+,41-29+,42-28-,43-33-,44-32+,45-36+. The maximum atomic E-state index is 2.46. The van der Waals surface area contributed by atoms with E-state index < -0.39 is 0 Å². The third-order valence-electron chi connectivity index (χ3n) is 8.80. The summed E-state index contributed by atoms with van der Waals surface area (Å²) in [6.07, 6.45) is 40.6. The van der Waals surface area contributed by atoms with E-state index in [9.17, 15) is 0 Å².